The van der Waals surface area contributed by atoms with E-state index in [0.29, 0.717) is 16.7 Å². The van der Waals surface area contributed by atoms with Crippen LogP contribution in [0.25, 0.3) is 5.69 Å². The van der Waals surface area contributed by atoms with Gasteiger partial charge in [0.2, 0.25) is 5.89 Å². The molecule has 0 aliphatic heterocycles. The highest BCUT2D eigenvalue weighted by Gasteiger charge is 2.24. The van der Waals surface area contributed by atoms with Crippen molar-refractivity contribution in [2.75, 3.05) is 0 Å². The molecule has 0 amide bonds. The molecular weight excluding hydrogens is 346 g/mol. The zero-order valence-corrected chi connectivity index (χ0v) is 15.5. The monoisotopic (exact) mass is 363 g/mol. The molecule has 0 N–H and O–H groups in total. The van der Waals surface area contributed by atoms with E-state index < -0.39 is 0 Å². The van der Waals surface area contributed by atoms with Gasteiger partial charge in [0, 0.05) is 10.4 Å². The zero-order chi connectivity index (χ0) is 17.3. The SMILES string of the molecule is CC(Sc1nncn1-c1cccc(Cl)c1)c1nc(C(C)(C)C)no1. The Morgan fingerprint density at radius 1 is 1.29 bits per heavy atom. The standard InChI is InChI=1S/C16H18ClN5OS/c1-10(13-19-14(21-23-13)16(2,3)4)24-15-20-18-9-22(15)12-7-5-6-11(17)8-12/h5-10H,1-4H3. The second-order valence-electron chi connectivity index (χ2n) is 6.43. The van der Waals surface area contributed by atoms with Crippen LogP contribution in [0.2, 0.25) is 5.02 Å². The smallest absolute Gasteiger partial charge is 0.239 e. The van der Waals surface area contributed by atoms with Crippen LogP contribution in [-0.2, 0) is 5.41 Å². The van der Waals surface area contributed by atoms with Crippen molar-refractivity contribution in [3.63, 3.8) is 0 Å². The number of thioether (sulfide) groups is 1. The van der Waals surface area contributed by atoms with Crippen molar-refractivity contribution in [2.24, 2.45) is 0 Å². The minimum absolute atomic E-state index is 0.0456. The van der Waals surface area contributed by atoms with Gasteiger partial charge in [-0.3, -0.25) is 4.57 Å². The van der Waals surface area contributed by atoms with Crippen molar-refractivity contribution in [1.29, 1.82) is 0 Å². The minimum atomic E-state index is -0.146. The summed E-state index contributed by atoms with van der Waals surface area (Å²) in [6.07, 6.45) is 1.66. The Hall–Kier alpha value is -1.86. The normalized spacial score (nSPS) is 13.2. The number of aromatic nitrogens is 5. The molecule has 0 aliphatic rings. The molecule has 3 aromatic rings. The van der Waals surface area contributed by atoms with E-state index in [4.69, 9.17) is 16.1 Å². The van der Waals surface area contributed by atoms with Gasteiger partial charge in [-0.05, 0) is 25.1 Å². The maximum atomic E-state index is 6.07. The number of hydrogen-bond acceptors (Lipinski definition) is 6. The van der Waals surface area contributed by atoms with Crippen LogP contribution in [0.3, 0.4) is 0 Å². The quantitative estimate of drug-likeness (QED) is 0.637. The lowest BCUT2D eigenvalue weighted by Gasteiger charge is -2.11. The number of halogens is 1. The molecule has 1 aromatic carbocycles. The van der Waals surface area contributed by atoms with E-state index in [1.165, 1.54) is 11.8 Å². The van der Waals surface area contributed by atoms with Crippen molar-refractivity contribution in [2.45, 2.75) is 43.5 Å². The first-order chi connectivity index (χ1) is 11.3. The number of nitrogens with zero attached hydrogens (tertiary/aromatic N) is 5. The van der Waals surface area contributed by atoms with Gasteiger partial charge in [-0.25, -0.2) is 0 Å². The molecule has 0 saturated carbocycles. The van der Waals surface area contributed by atoms with E-state index in [1.807, 2.05) is 35.8 Å². The van der Waals surface area contributed by atoms with Crippen LogP contribution in [0.15, 0.2) is 40.3 Å². The largest absolute Gasteiger partial charge is 0.338 e. The summed E-state index contributed by atoms with van der Waals surface area (Å²) in [7, 11) is 0. The predicted molar refractivity (Wildman–Crippen MR) is 93.6 cm³/mol. The summed E-state index contributed by atoms with van der Waals surface area (Å²) in [5.74, 6) is 1.27. The molecule has 2 heterocycles. The molecule has 3 rings (SSSR count). The van der Waals surface area contributed by atoms with Gasteiger partial charge in [0.25, 0.3) is 0 Å². The molecule has 0 bridgehead atoms. The Labute approximate surface area is 149 Å². The van der Waals surface area contributed by atoms with Crippen LogP contribution in [0, 0.1) is 0 Å². The average Bonchev–Trinajstić information content (AvgIpc) is 3.15. The molecule has 8 heteroatoms. The average molecular weight is 364 g/mol. The van der Waals surface area contributed by atoms with Crippen molar-refractivity contribution in [3.8, 4) is 5.69 Å². The fraction of sp³-hybridized carbons (Fsp3) is 0.375. The molecule has 0 saturated heterocycles. The van der Waals surface area contributed by atoms with Crippen LogP contribution in [0.5, 0.6) is 0 Å². The van der Waals surface area contributed by atoms with Gasteiger partial charge in [-0.15, -0.1) is 10.2 Å². The third-order valence-electron chi connectivity index (χ3n) is 3.35. The molecule has 0 radical (unpaired) electrons. The fourth-order valence-corrected chi connectivity index (χ4v) is 3.08. The van der Waals surface area contributed by atoms with Crippen molar-refractivity contribution < 1.29 is 4.52 Å². The Morgan fingerprint density at radius 3 is 2.75 bits per heavy atom. The lowest BCUT2D eigenvalue weighted by molar-refractivity contribution is 0.364. The van der Waals surface area contributed by atoms with Crippen molar-refractivity contribution in [1.82, 2.24) is 24.9 Å². The second kappa shape index (κ2) is 6.57. The number of hydrogen-bond donors (Lipinski definition) is 0. The Balaban J connectivity index is 1.82. The van der Waals surface area contributed by atoms with Gasteiger partial charge in [0.1, 0.15) is 6.33 Å². The molecule has 24 heavy (non-hydrogen) atoms. The first-order valence-corrected chi connectivity index (χ1v) is 8.77. The second-order valence-corrected chi connectivity index (χ2v) is 8.17. The zero-order valence-electron chi connectivity index (χ0n) is 13.9. The minimum Gasteiger partial charge on any atom is -0.338 e. The molecule has 1 atom stereocenters. The Kier molecular flexibility index (Phi) is 4.64. The molecular formula is C16H18ClN5OS. The van der Waals surface area contributed by atoms with E-state index in [9.17, 15) is 0 Å². The first kappa shape index (κ1) is 17.0. The first-order valence-electron chi connectivity index (χ1n) is 7.51. The topological polar surface area (TPSA) is 69.6 Å². The highest BCUT2D eigenvalue weighted by atomic mass is 35.5. The predicted octanol–water partition coefficient (Wildman–Crippen LogP) is 4.45. The van der Waals surface area contributed by atoms with Gasteiger partial charge >= 0.3 is 0 Å². The van der Waals surface area contributed by atoms with E-state index in [1.54, 1.807) is 6.33 Å². The van der Waals surface area contributed by atoms with Gasteiger partial charge in [-0.2, -0.15) is 4.98 Å². The summed E-state index contributed by atoms with van der Waals surface area (Å²) in [4.78, 5) is 4.50. The molecule has 2 aromatic heterocycles. The van der Waals surface area contributed by atoms with E-state index in [-0.39, 0.29) is 10.7 Å². The van der Waals surface area contributed by atoms with Crippen LogP contribution in [0.4, 0.5) is 0 Å². The summed E-state index contributed by atoms with van der Waals surface area (Å²) in [5, 5.41) is 13.6. The molecule has 0 spiro atoms. The molecule has 0 aliphatic carbocycles. The van der Waals surface area contributed by atoms with E-state index in [0.717, 1.165) is 10.8 Å². The molecule has 126 valence electrons. The van der Waals surface area contributed by atoms with E-state index >= 15 is 0 Å². The summed E-state index contributed by atoms with van der Waals surface area (Å²) in [6, 6.07) is 7.54. The molecule has 6 nitrogen and oxygen atoms in total. The van der Waals surface area contributed by atoms with Crippen molar-refractivity contribution in [3.05, 3.63) is 47.3 Å². The van der Waals surface area contributed by atoms with Gasteiger partial charge in [0.05, 0.1) is 10.9 Å². The maximum absolute atomic E-state index is 6.07. The Morgan fingerprint density at radius 2 is 2.08 bits per heavy atom. The third-order valence-corrected chi connectivity index (χ3v) is 4.62. The summed E-state index contributed by atoms with van der Waals surface area (Å²) in [5.41, 5.74) is 0.760. The fourth-order valence-electron chi connectivity index (χ4n) is 2.02. The van der Waals surface area contributed by atoms with Gasteiger partial charge < -0.3 is 4.52 Å². The third kappa shape index (κ3) is 3.62. The highest BCUT2D eigenvalue weighted by molar-refractivity contribution is 7.99. The molecule has 1 unspecified atom stereocenters. The van der Waals surface area contributed by atoms with Crippen LogP contribution >= 0.6 is 23.4 Å². The molecule has 0 fully saturated rings. The lowest BCUT2D eigenvalue weighted by atomic mass is 9.96. The Bertz CT molecular complexity index is 839. The number of rotatable bonds is 4. The van der Waals surface area contributed by atoms with E-state index in [2.05, 4.69) is 41.1 Å². The van der Waals surface area contributed by atoms with Gasteiger partial charge in [0.15, 0.2) is 11.0 Å². The lowest BCUT2D eigenvalue weighted by Crippen LogP contribution is -2.13. The van der Waals surface area contributed by atoms with Crippen molar-refractivity contribution >= 4 is 23.4 Å². The summed E-state index contributed by atoms with van der Waals surface area (Å²) < 4.78 is 7.29. The van der Waals surface area contributed by atoms with Gasteiger partial charge in [-0.1, -0.05) is 55.4 Å². The van der Waals surface area contributed by atoms with Crippen LogP contribution < -0.4 is 0 Å². The summed E-state index contributed by atoms with van der Waals surface area (Å²) in [6.45, 7) is 8.15. The van der Waals surface area contributed by atoms with Crippen LogP contribution in [-0.4, -0.2) is 24.9 Å². The van der Waals surface area contributed by atoms with Crippen LogP contribution in [0.1, 0.15) is 44.7 Å². The maximum Gasteiger partial charge on any atom is 0.239 e. The number of benzene rings is 1. The summed E-state index contributed by atoms with van der Waals surface area (Å²) >= 11 is 7.57. The highest BCUT2D eigenvalue weighted by Crippen LogP contribution is 2.34.